The summed E-state index contributed by atoms with van der Waals surface area (Å²) in [7, 11) is 3.41. The fourth-order valence-electron chi connectivity index (χ4n) is 3.43. The Labute approximate surface area is 127 Å². The van der Waals surface area contributed by atoms with E-state index in [1.54, 1.807) is 14.2 Å². The van der Waals surface area contributed by atoms with Crippen molar-refractivity contribution in [1.29, 1.82) is 0 Å². The maximum atomic E-state index is 11.7. The zero-order valence-corrected chi connectivity index (χ0v) is 13.2. The van der Waals surface area contributed by atoms with Gasteiger partial charge in [-0.3, -0.25) is 9.79 Å². The lowest BCUT2D eigenvalue weighted by Gasteiger charge is -2.22. The van der Waals surface area contributed by atoms with Crippen LogP contribution in [0.1, 0.15) is 25.7 Å². The van der Waals surface area contributed by atoms with Crippen LogP contribution in [0.2, 0.25) is 0 Å². The number of aliphatic imine (C=N–C) groups is 1. The summed E-state index contributed by atoms with van der Waals surface area (Å²) in [5, 5.41) is 5.97. The molecule has 1 saturated heterocycles. The predicted molar refractivity (Wildman–Crippen MR) is 83.3 cm³/mol. The SMILES string of the molecule is CN=C(NCC(=O)NCCOC)N1CC2CCCCC2C1. The molecule has 1 amide bonds. The maximum Gasteiger partial charge on any atom is 0.239 e. The number of nitrogens with one attached hydrogen (secondary N) is 2. The Kier molecular flexibility index (Phi) is 6.29. The highest BCUT2D eigenvalue weighted by molar-refractivity contribution is 5.86. The first-order valence-electron chi connectivity index (χ1n) is 7.95. The Hall–Kier alpha value is -1.30. The standard InChI is InChI=1S/C15H28N4O2/c1-16-15(18-9-14(20)17-7-8-21-2)19-10-12-5-3-4-6-13(12)11-19/h12-13H,3-11H2,1-2H3,(H,16,18)(H,17,20). The van der Waals surface area contributed by atoms with Crippen LogP contribution in [-0.2, 0) is 9.53 Å². The van der Waals surface area contributed by atoms with Gasteiger partial charge in [-0.2, -0.15) is 0 Å². The number of fused-ring (bicyclic) bond motifs is 1. The van der Waals surface area contributed by atoms with Crippen LogP contribution in [0.15, 0.2) is 4.99 Å². The smallest absolute Gasteiger partial charge is 0.239 e. The van der Waals surface area contributed by atoms with E-state index in [1.807, 2.05) is 0 Å². The number of nitrogens with zero attached hydrogens (tertiary/aromatic N) is 2. The summed E-state index contributed by atoms with van der Waals surface area (Å²) >= 11 is 0. The molecule has 2 rings (SSSR count). The molecule has 0 aromatic rings. The van der Waals surface area contributed by atoms with Crippen LogP contribution in [0.5, 0.6) is 0 Å². The molecule has 1 aliphatic carbocycles. The van der Waals surface area contributed by atoms with E-state index < -0.39 is 0 Å². The van der Waals surface area contributed by atoms with Crippen LogP contribution < -0.4 is 10.6 Å². The Morgan fingerprint density at radius 1 is 1.24 bits per heavy atom. The third-order valence-electron chi connectivity index (χ3n) is 4.52. The van der Waals surface area contributed by atoms with Crippen LogP contribution in [0.25, 0.3) is 0 Å². The van der Waals surface area contributed by atoms with Gasteiger partial charge in [0.1, 0.15) is 0 Å². The second kappa shape index (κ2) is 8.22. The lowest BCUT2D eigenvalue weighted by molar-refractivity contribution is -0.120. The lowest BCUT2D eigenvalue weighted by Crippen LogP contribution is -2.45. The number of carbonyl (C=O) groups excluding carboxylic acids is 1. The predicted octanol–water partition coefficient (Wildman–Crippen LogP) is 0.446. The van der Waals surface area contributed by atoms with Gasteiger partial charge in [-0.1, -0.05) is 12.8 Å². The number of amides is 1. The zero-order chi connectivity index (χ0) is 15.1. The quantitative estimate of drug-likeness (QED) is 0.439. The topological polar surface area (TPSA) is 66.0 Å². The summed E-state index contributed by atoms with van der Waals surface area (Å²) < 4.78 is 4.91. The average Bonchev–Trinajstić information content (AvgIpc) is 2.92. The third-order valence-corrected chi connectivity index (χ3v) is 4.52. The van der Waals surface area contributed by atoms with Gasteiger partial charge in [-0.15, -0.1) is 0 Å². The minimum Gasteiger partial charge on any atom is -0.383 e. The van der Waals surface area contributed by atoms with Crippen LogP contribution in [-0.4, -0.2) is 63.7 Å². The Bertz CT molecular complexity index is 359. The third kappa shape index (κ3) is 4.59. The molecule has 0 radical (unpaired) electrons. The average molecular weight is 296 g/mol. The molecule has 1 saturated carbocycles. The van der Waals surface area contributed by atoms with Gasteiger partial charge in [0.15, 0.2) is 5.96 Å². The van der Waals surface area contributed by atoms with Crippen molar-refractivity contribution in [2.75, 3.05) is 46.9 Å². The second-order valence-corrected chi connectivity index (χ2v) is 5.95. The fourth-order valence-corrected chi connectivity index (χ4v) is 3.43. The van der Waals surface area contributed by atoms with Crippen LogP contribution in [0.3, 0.4) is 0 Å². The number of hydrogen-bond acceptors (Lipinski definition) is 3. The van der Waals surface area contributed by atoms with E-state index >= 15 is 0 Å². The highest BCUT2D eigenvalue weighted by Crippen LogP contribution is 2.35. The first kappa shape index (κ1) is 16.1. The van der Waals surface area contributed by atoms with E-state index in [2.05, 4.69) is 20.5 Å². The summed E-state index contributed by atoms with van der Waals surface area (Å²) in [6.07, 6.45) is 5.41. The van der Waals surface area contributed by atoms with Gasteiger partial charge in [0.2, 0.25) is 5.91 Å². The highest BCUT2D eigenvalue weighted by Gasteiger charge is 2.35. The first-order valence-corrected chi connectivity index (χ1v) is 7.95. The minimum atomic E-state index is -0.0233. The Balaban J connectivity index is 1.74. The molecule has 1 aliphatic heterocycles. The zero-order valence-electron chi connectivity index (χ0n) is 13.2. The summed E-state index contributed by atoms with van der Waals surface area (Å²) in [5.74, 6) is 2.46. The van der Waals surface area contributed by atoms with Gasteiger partial charge in [-0.25, -0.2) is 0 Å². The summed E-state index contributed by atoms with van der Waals surface area (Å²) in [6, 6.07) is 0. The van der Waals surface area contributed by atoms with Crippen molar-refractivity contribution >= 4 is 11.9 Å². The summed E-state index contributed by atoms with van der Waals surface area (Å²) in [5.41, 5.74) is 0. The molecule has 1 heterocycles. The molecule has 120 valence electrons. The maximum absolute atomic E-state index is 11.7. The molecule has 0 aromatic heterocycles. The van der Waals surface area contributed by atoms with Gasteiger partial charge in [0, 0.05) is 33.8 Å². The molecular weight excluding hydrogens is 268 g/mol. The summed E-state index contributed by atoms with van der Waals surface area (Å²) in [4.78, 5) is 18.3. The summed E-state index contributed by atoms with van der Waals surface area (Å²) in [6.45, 7) is 3.51. The molecule has 2 fully saturated rings. The molecule has 2 unspecified atom stereocenters. The van der Waals surface area contributed by atoms with Crippen molar-refractivity contribution in [3.05, 3.63) is 0 Å². The minimum absolute atomic E-state index is 0.0233. The van der Waals surface area contributed by atoms with Crippen LogP contribution in [0.4, 0.5) is 0 Å². The Morgan fingerprint density at radius 3 is 2.48 bits per heavy atom. The van der Waals surface area contributed by atoms with Gasteiger partial charge in [0.05, 0.1) is 13.2 Å². The molecule has 2 atom stereocenters. The van der Waals surface area contributed by atoms with E-state index in [4.69, 9.17) is 4.74 Å². The normalized spacial score (nSPS) is 25.6. The molecule has 2 N–H and O–H groups in total. The van der Waals surface area contributed by atoms with Gasteiger partial charge in [-0.05, 0) is 24.7 Å². The molecule has 6 nitrogen and oxygen atoms in total. The van der Waals surface area contributed by atoms with E-state index in [9.17, 15) is 4.79 Å². The molecular formula is C15H28N4O2. The van der Waals surface area contributed by atoms with Crippen molar-refractivity contribution in [3.63, 3.8) is 0 Å². The fraction of sp³-hybridized carbons (Fsp3) is 0.867. The number of carbonyl (C=O) groups is 1. The van der Waals surface area contributed by atoms with E-state index in [1.165, 1.54) is 25.7 Å². The number of rotatable bonds is 5. The largest absolute Gasteiger partial charge is 0.383 e. The molecule has 21 heavy (non-hydrogen) atoms. The van der Waals surface area contributed by atoms with Crippen molar-refractivity contribution in [1.82, 2.24) is 15.5 Å². The van der Waals surface area contributed by atoms with E-state index in [-0.39, 0.29) is 12.5 Å². The second-order valence-electron chi connectivity index (χ2n) is 5.95. The number of methoxy groups -OCH3 is 1. The van der Waals surface area contributed by atoms with Crippen LogP contribution >= 0.6 is 0 Å². The number of hydrogen-bond donors (Lipinski definition) is 2. The molecule has 0 spiro atoms. The van der Waals surface area contributed by atoms with Crippen molar-refractivity contribution in [2.45, 2.75) is 25.7 Å². The van der Waals surface area contributed by atoms with E-state index in [0.717, 1.165) is 30.9 Å². The molecule has 6 heteroatoms. The highest BCUT2D eigenvalue weighted by atomic mass is 16.5. The van der Waals surface area contributed by atoms with Crippen molar-refractivity contribution in [3.8, 4) is 0 Å². The van der Waals surface area contributed by atoms with Gasteiger partial charge >= 0.3 is 0 Å². The van der Waals surface area contributed by atoms with Crippen molar-refractivity contribution < 1.29 is 9.53 Å². The Morgan fingerprint density at radius 2 is 1.90 bits per heavy atom. The van der Waals surface area contributed by atoms with Crippen LogP contribution in [0, 0.1) is 11.8 Å². The monoisotopic (exact) mass is 296 g/mol. The van der Waals surface area contributed by atoms with Gasteiger partial charge in [0.25, 0.3) is 0 Å². The first-order chi connectivity index (χ1) is 10.2. The van der Waals surface area contributed by atoms with Crippen molar-refractivity contribution in [2.24, 2.45) is 16.8 Å². The number of likely N-dealkylation sites (tertiary alicyclic amines) is 1. The van der Waals surface area contributed by atoms with E-state index in [0.29, 0.717) is 13.2 Å². The molecule has 0 bridgehead atoms. The number of guanidine groups is 1. The lowest BCUT2D eigenvalue weighted by atomic mass is 9.82. The van der Waals surface area contributed by atoms with Gasteiger partial charge < -0.3 is 20.3 Å². The molecule has 0 aromatic carbocycles. The number of ether oxygens (including phenoxy) is 1. The molecule has 2 aliphatic rings.